The molecule has 2 rings (SSSR count). The average Bonchev–Trinajstić information content (AvgIpc) is 2.22. The molecule has 1 aromatic rings. The lowest BCUT2D eigenvalue weighted by Crippen LogP contribution is -2.24. The van der Waals surface area contributed by atoms with Gasteiger partial charge in [0, 0.05) is 0 Å². The van der Waals surface area contributed by atoms with Gasteiger partial charge < -0.3 is 10.5 Å². The topological polar surface area (TPSA) is 35.2 Å². The van der Waals surface area contributed by atoms with Crippen LogP contribution in [0, 0.1) is 5.92 Å². The highest BCUT2D eigenvalue weighted by atomic mass is 35.5. The number of methoxy groups -OCH3 is 1. The molecule has 1 aromatic carbocycles. The Bertz CT molecular complexity index is 361. The first-order valence-electron chi connectivity index (χ1n) is 5.78. The molecule has 16 heavy (non-hydrogen) atoms. The maximum atomic E-state index is 6.11. The van der Waals surface area contributed by atoms with Gasteiger partial charge in [-0.2, -0.15) is 0 Å². The zero-order valence-corrected chi connectivity index (χ0v) is 10.3. The van der Waals surface area contributed by atoms with Crippen LogP contribution in [0.4, 0.5) is 0 Å². The van der Waals surface area contributed by atoms with E-state index >= 15 is 0 Å². The molecule has 88 valence electrons. The SMILES string of the molecule is COc1ccc(C2CC(CCN)C2)cc1Cl. The van der Waals surface area contributed by atoms with Crippen LogP contribution in [0.2, 0.25) is 5.02 Å². The lowest BCUT2D eigenvalue weighted by molar-refractivity contribution is 0.251. The standard InChI is InChI=1S/C13H18ClNO/c1-16-13-3-2-10(8-12(13)14)11-6-9(7-11)4-5-15/h2-3,8-9,11H,4-7,15H2,1H3. The number of ether oxygens (including phenoxy) is 1. The van der Waals surface area contributed by atoms with Gasteiger partial charge in [-0.05, 0) is 55.3 Å². The highest BCUT2D eigenvalue weighted by molar-refractivity contribution is 6.32. The van der Waals surface area contributed by atoms with E-state index < -0.39 is 0 Å². The van der Waals surface area contributed by atoms with Crippen molar-refractivity contribution >= 4 is 11.6 Å². The molecule has 0 aromatic heterocycles. The fraction of sp³-hybridized carbons (Fsp3) is 0.538. The number of benzene rings is 1. The molecule has 0 spiro atoms. The first kappa shape index (κ1) is 11.7. The van der Waals surface area contributed by atoms with Gasteiger partial charge in [0.15, 0.2) is 0 Å². The third kappa shape index (κ3) is 2.33. The molecule has 0 unspecified atom stereocenters. The van der Waals surface area contributed by atoms with Gasteiger partial charge in [0.25, 0.3) is 0 Å². The van der Waals surface area contributed by atoms with Crippen molar-refractivity contribution in [3.05, 3.63) is 28.8 Å². The lowest BCUT2D eigenvalue weighted by atomic mass is 9.70. The van der Waals surface area contributed by atoms with Crippen molar-refractivity contribution in [1.82, 2.24) is 0 Å². The smallest absolute Gasteiger partial charge is 0.137 e. The molecule has 0 radical (unpaired) electrons. The molecular formula is C13H18ClNO. The maximum absolute atomic E-state index is 6.11. The molecule has 1 aliphatic rings. The molecule has 0 amide bonds. The Morgan fingerprint density at radius 1 is 1.44 bits per heavy atom. The van der Waals surface area contributed by atoms with Crippen LogP contribution in [-0.2, 0) is 0 Å². The zero-order valence-electron chi connectivity index (χ0n) is 9.58. The first-order valence-corrected chi connectivity index (χ1v) is 6.16. The molecule has 1 aliphatic carbocycles. The average molecular weight is 240 g/mol. The number of hydrogen-bond donors (Lipinski definition) is 1. The van der Waals surface area contributed by atoms with Gasteiger partial charge in [-0.1, -0.05) is 17.7 Å². The Balaban J connectivity index is 1.99. The predicted octanol–water partition coefficient (Wildman–Crippen LogP) is 3.19. The Labute approximate surface area is 102 Å². The summed E-state index contributed by atoms with van der Waals surface area (Å²) in [4.78, 5) is 0. The van der Waals surface area contributed by atoms with E-state index in [1.807, 2.05) is 12.1 Å². The maximum Gasteiger partial charge on any atom is 0.137 e. The summed E-state index contributed by atoms with van der Waals surface area (Å²) in [6.45, 7) is 0.806. The summed E-state index contributed by atoms with van der Waals surface area (Å²) >= 11 is 6.11. The summed E-state index contributed by atoms with van der Waals surface area (Å²) in [7, 11) is 1.64. The minimum atomic E-state index is 0.667. The van der Waals surface area contributed by atoms with Gasteiger partial charge in [0.1, 0.15) is 5.75 Å². The highest BCUT2D eigenvalue weighted by Gasteiger charge is 2.29. The van der Waals surface area contributed by atoms with Crippen molar-refractivity contribution in [2.45, 2.75) is 25.2 Å². The lowest BCUT2D eigenvalue weighted by Gasteiger charge is -2.35. The highest BCUT2D eigenvalue weighted by Crippen LogP contribution is 2.44. The summed E-state index contributed by atoms with van der Waals surface area (Å²) in [5.74, 6) is 2.24. The van der Waals surface area contributed by atoms with Crippen molar-refractivity contribution in [2.75, 3.05) is 13.7 Å². The monoisotopic (exact) mass is 239 g/mol. The quantitative estimate of drug-likeness (QED) is 0.876. The Morgan fingerprint density at radius 3 is 2.75 bits per heavy atom. The van der Waals surface area contributed by atoms with E-state index in [2.05, 4.69) is 6.07 Å². The summed E-state index contributed by atoms with van der Waals surface area (Å²) in [6, 6.07) is 6.10. The van der Waals surface area contributed by atoms with Crippen molar-refractivity contribution in [2.24, 2.45) is 11.7 Å². The zero-order chi connectivity index (χ0) is 11.5. The largest absolute Gasteiger partial charge is 0.495 e. The van der Waals surface area contributed by atoms with Crippen LogP contribution in [0.5, 0.6) is 5.75 Å². The van der Waals surface area contributed by atoms with E-state index in [1.54, 1.807) is 7.11 Å². The molecule has 0 aliphatic heterocycles. The van der Waals surface area contributed by atoms with E-state index in [1.165, 1.54) is 18.4 Å². The van der Waals surface area contributed by atoms with Gasteiger partial charge >= 0.3 is 0 Å². The summed E-state index contributed by atoms with van der Waals surface area (Å²) < 4.78 is 5.14. The third-order valence-electron chi connectivity index (χ3n) is 3.46. The summed E-state index contributed by atoms with van der Waals surface area (Å²) in [6.07, 6.45) is 3.65. The Hall–Kier alpha value is -0.730. The Morgan fingerprint density at radius 2 is 2.19 bits per heavy atom. The van der Waals surface area contributed by atoms with Crippen LogP contribution >= 0.6 is 11.6 Å². The molecular weight excluding hydrogens is 222 g/mol. The van der Waals surface area contributed by atoms with Gasteiger partial charge in [-0.15, -0.1) is 0 Å². The van der Waals surface area contributed by atoms with Gasteiger partial charge in [-0.25, -0.2) is 0 Å². The van der Waals surface area contributed by atoms with Gasteiger partial charge in [-0.3, -0.25) is 0 Å². The fourth-order valence-electron chi connectivity index (χ4n) is 2.42. The number of rotatable bonds is 4. The van der Waals surface area contributed by atoms with Crippen LogP contribution in [0.25, 0.3) is 0 Å². The second-order valence-electron chi connectivity index (χ2n) is 4.51. The minimum Gasteiger partial charge on any atom is -0.495 e. The van der Waals surface area contributed by atoms with E-state index in [4.69, 9.17) is 22.1 Å². The van der Waals surface area contributed by atoms with E-state index in [0.717, 1.165) is 24.6 Å². The van der Waals surface area contributed by atoms with Crippen LogP contribution in [0.3, 0.4) is 0 Å². The number of hydrogen-bond acceptors (Lipinski definition) is 2. The summed E-state index contributed by atoms with van der Waals surface area (Å²) in [5, 5.41) is 0.710. The normalized spacial score (nSPS) is 23.9. The van der Waals surface area contributed by atoms with Crippen molar-refractivity contribution in [3.8, 4) is 5.75 Å². The molecule has 3 heteroatoms. The molecule has 0 atom stereocenters. The Kier molecular flexibility index (Phi) is 3.72. The molecule has 0 saturated heterocycles. The van der Waals surface area contributed by atoms with Crippen LogP contribution in [-0.4, -0.2) is 13.7 Å². The minimum absolute atomic E-state index is 0.667. The molecule has 2 N–H and O–H groups in total. The number of nitrogens with two attached hydrogens (primary N) is 1. The van der Waals surface area contributed by atoms with Crippen LogP contribution in [0.15, 0.2) is 18.2 Å². The van der Waals surface area contributed by atoms with Gasteiger partial charge in [0.05, 0.1) is 12.1 Å². The van der Waals surface area contributed by atoms with Crippen molar-refractivity contribution in [1.29, 1.82) is 0 Å². The second kappa shape index (κ2) is 5.07. The second-order valence-corrected chi connectivity index (χ2v) is 4.91. The molecule has 0 bridgehead atoms. The molecule has 1 saturated carbocycles. The number of halogens is 1. The van der Waals surface area contributed by atoms with Crippen LogP contribution in [0.1, 0.15) is 30.7 Å². The third-order valence-corrected chi connectivity index (χ3v) is 3.75. The molecule has 1 fully saturated rings. The predicted molar refractivity (Wildman–Crippen MR) is 67.1 cm³/mol. The van der Waals surface area contributed by atoms with E-state index in [0.29, 0.717) is 10.9 Å². The van der Waals surface area contributed by atoms with E-state index in [-0.39, 0.29) is 0 Å². The molecule has 2 nitrogen and oxygen atoms in total. The molecule has 0 heterocycles. The van der Waals surface area contributed by atoms with Crippen molar-refractivity contribution in [3.63, 3.8) is 0 Å². The van der Waals surface area contributed by atoms with Crippen molar-refractivity contribution < 1.29 is 4.74 Å². The van der Waals surface area contributed by atoms with E-state index in [9.17, 15) is 0 Å². The van der Waals surface area contributed by atoms with Gasteiger partial charge in [0.2, 0.25) is 0 Å². The van der Waals surface area contributed by atoms with Crippen LogP contribution < -0.4 is 10.5 Å². The first-order chi connectivity index (χ1) is 7.74. The summed E-state index contributed by atoms with van der Waals surface area (Å²) in [5.41, 5.74) is 6.88. The fourth-order valence-corrected chi connectivity index (χ4v) is 2.68.